The van der Waals surface area contributed by atoms with Crippen molar-refractivity contribution in [3.63, 3.8) is 0 Å². The van der Waals surface area contributed by atoms with Gasteiger partial charge in [0.1, 0.15) is 5.82 Å². The average Bonchev–Trinajstić information content (AvgIpc) is 2.68. The zero-order valence-corrected chi connectivity index (χ0v) is 16.2. The fraction of sp³-hybridized carbons (Fsp3) is 0.250. The molecule has 0 radical (unpaired) electrons. The highest BCUT2D eigenvalue weighted by atomic mass is 35.5. The van der Waals surface area contributed by atoms with Crippen molar-refractivity contribution in [2.24, 2.45) is 0 Å². The van der Waals surface area contributed by atoms with E-state index in [1.54, 1.807) is 36.4 Å². The van der Waals surface area contributed by atoms with Crippen molar-refractivity contribution in [1.82, 2.24) is 9.80 Å². The monoisotopic (exact) mass is 422 g/mol. The molecule has 0 atom stereocenters. The highest BCUT2D eigenvalue weighted by Gasteiger charge is 2.22. The Morgan fingerprint density at radius 1 is 0.931 bits per heavy atom. The van der Waals surface area contributed by atoms with Gasteiger partial charge in [-0.15, -0.1) is 0 Å². The third kappa shape index (κ3) is 7.17. The molecule has 9 heteroatoms. The summed E-state index contributed by atoms with van der Waals surface area (Å²) in [5, 5.41) is 15.4. The van der Waals surface area contributed by atoms with Crippen molar-refractivity contribution in [3.8, 4) is 0 Å². The number of carboxylic acids is 2. The minimum atomic E-state index is -1.82. The van der Waals surface area contributed by atoms with Crippen LogP contribution in [-0.4, -0.2) is 64.0 Å². The largest absolute Gasteiger partial charge is 0.473 e. The van der Waals surface area contributed by atoms with Gasteiger partial charge < -0.3 is 15.1 Å². The van der Waals surface area contributed by atoms with Crippen molar-refractivity contribution in [1.29, 1.82) is 0 Å². The Bertz CT molecular complexity index is 873. The molecule has 2 aromatic carbocycles. The van der Waals surface area contributed by atoms with Gasteiger partial charge in [-0.2, -0.15) is 0 Å². The molecular formula is C20H20ClFN2O5. The van der Waals surface area contributed by atoms with E-state index in [0.29, 0.717) is 30.2 Å². The van der Waals surface area contributed by atoms with Gasteiger partial charge in [-0.25, -0.2) is 14.0 Å². The number of piperazine rings is 1. The van der Waals surface area contributed by atoms with Crippen LogP contribution in [0.5, 0.6) is 0 Å². The molecule has 0 unspecified atom stereocenters. The maximum Gasteiger partial charge on any atom is 0.414 e. The minimum absolute atomic E-state index is 0.0119. The Labute approximate surface area is 171 Å². The van der Waals surface area contributed by atoms with Gasteiger partial charge >= 0.3 is 11.9 Å². The molecule has 1 saturated heterocycles. The van der Waals surface area contributed by atoms with Crippen molar-refractivity contribution in [2.75, 3.05) is 26.2 Å². The second-order valence-corrected chi connectivity index (χ2v) is 6.76. The summed E-state index contributed by atoms with van der Waals surface area (Å²) in [7, 11) is 0. The lowest BCUT2D eigenvalue weighted by atomic mass is 10.1. The fourth-order valence-electron chi connectivity index (χ4n) is 2.81. The van der Waals surface area contributed by atoms with E-state index in [-0.39, 0.29) is 11.7 Å². The molecule has 0 aliphatic carbocycles. The summed E-state index contributed by atoms with van der Waals surface area (Å²) in [6.07, 6.45) is 0. The van der Waals surface area contributed by atoms with Gasteiger partial charge in [0.25, 0.3) is 5.91 Å². The summed E-state index contributed by atoms with van der Waals surface area (Å²) in [5.74, 6) is -3.85. The number of carboxylic acid groups (broad SMARTS) is 2. The maximum atomic E-state index is 13.2. The summed E-state index contributed by atoms with van der Waals surface area (Å²) >= 11 is 5.94. The first-order chi connectivity index (χ1) is 13.8. The molecule has 1 aliphatic rings. The number of hydrogen-bond acceptors (Lipinski definition) is 4. The van der Waals surface area contributed by atoms with Crippen LogP contribution in [0.3, 0.4) is 0 Å². The van der Waals surface area contributed by atoms with E-state index in [2.05, 4.69) is 4.90 Å². The summed E-state index contributed by atoms with van der Waals surface area (Å²) < 4.78 is 13.2. The van der Waals surface area contributed by atoms with Crippen LogP contribution in [0.4, 0.5) is 4.39 Å². The van der Waals surface area contributed by atoms with Crippen LogP contribution >= 0.6 is 11.6 Å². The van der Waals surface area contributed by atoms with Gasteiger partial charge in [-0.05, 0) is 35.9 Å². The summed E-state index contributed by atoms with van der Waals surface area (Å²) in [4.78, 5) is 34.7. The Balaban J connectivity index is 0.000000438. The lowest BCUT2D eigenvalue weighted by molar-refractivity contribution is -0.159. The van der Waals surface area contributed by atoms with Crippen LogP contribution in [0, 0.1) is 5.82 Å². The number of rotatable bonds is 3. The summed E-state index contributed by atoms with van der Waals surface area (Å²) in [5.41, 5.74) is 1.58. The third-order valence-corrected chi connectivity index (χ3v) is 4.44. The third-order valence-electron chi connectivity index (χ3n) is 4.21. The van der Waals surface area contributed by atoms with Crippen LogP contribution < -0.4 is 0 Å². The topological polar surface area (TPSA) is 98.1 Å². The number of nitrogens with zero attached hydrogens (tertiary/aromatic N) is 2. The van der Waals surface area contributed by atoms with E-state index in [1.807, 2.05) is 11.0 Å². The first-order valence-electron chi connectivity index (χ1n) is 8.74. The maximum absolute atomic E-state index is 13.2. The van der Waals surface area contributed by atoms with E-state index in [9.17, 15) is 9.18 Å². The average molecular weight is 423 g/mol. The lowest BCUT2D eigenvalue weighted by Crippen LogP contribution is -2.48. The molecule has 3 rings (SSSR count). The highest BCUT2D eigenvalue weighted by molar-refractivity contribution is 6.31. The number of aliphatic carboxylic acids is 2. The molecule has 29 heavy (non-hydrogen) atoms. The molecule has 0 saturated carbocycles. The Morgan fingerprint density at radius 2 is 1.55 bits per heavy atom. The summed E-state index contributed by atoms with van der Waals surface area (Å²) in [6, 6.07) is 13.7. The van der Waals surface area contributed by atoms with Crippen LogP contribution in [0.2, 0.25) is 5.02 Å². The van der Waals surface area contributed by atoms with Crippen LogP contribution in [0.1, 0.15) is 15.9 Å². The highest BCUT2D eigenvalue weighted by Crippen LogP contribution is 2.15. The molecule has 0 bridgehead atoms. The molecule has 1 aliphatic heterocycles. The molecule has 7 nitrogen and oxygen atoms in total. The molecule has 1 fully saturated rings. The predicted octanol–water partition coefficient (Wildman–Crippen LogP) is 2.59. The van der Waals surface area contributed by atoms with Crippen molar-refractivity contribution in [3.05, 3.63) is 70.5 Å². The molecule has 0 aromatic heterocycles. The standard InChI is InChI=1S/C18H18ClFN2O.C2H2O4/c19-16-5-2-4-15(12-16)18(23)22-9-7-21(8-10-22)13-14-3-1-6-17(20)11-14;3-1(4)2(5)6/h1-6,11-12H,7-10,13H2;(H,3,4)(H,5,6). The molecule has 1 amide bonds. The number of benzene rings is 2. The first kappa shape index (κ1) is 22.3. The number of amides is 1. The molecular weight excluding hydrogens is 403 g/mol. The zero-order chi connectivity index (χ0) is 21.4. The van der Waals surface area contributed by atoms with E-state index in [4.69, 9.17) is 31.4 Å². The molecule has 0 spiro atoms. The Morgan fingerprint density at radius 3 is 2.10 bits per heavy atom. The van der Waals surface area contributed by atoms with Gasteiger partial charge in [0, 0.05) is 43.3 Å². The van der Waals surface area contributed by atoms with E-state index < -0.39 is 11.9 Å². The van der Waals surface area contributed by atoms with Gasteiger partial charge in [0.2, 0.25) is 0 Å². The second kappa shape index (κ2) is 10.5. The Hall–Kier alpha value is -2.97. The summed E-state index contributed by atoms with van der Waals surface area (Å²) in [6.45, 7) is 3.60. The van der Waals surface area contributed by atoms with Gasteiger partial charge in [0.15, 0.2) is 0 Å². The number of carbonyl (C=O) groups is 3. The lowest BCUT2D eigenvalue weighted by Gasteiger charge is -2.34. The van der Waals surface area contributed by atoms with E-state index >= 15 is 0 Å². The number of carbonyl (C=O) groups excluding carboxylic acids is 1. The Kier molecular flexibility index (Phi) is 8.11. The number of hydrogen-bond donors (Lipinski definition) is 2. The van der Waals surface area contributed by atoms with Crippen LogP contribution in [-0.2, 0) is 16.1 Å². The molecule has 154 valence electrons. The smallest absolute Gasteiger partial charge is 0.414 e. The van der Waals surface area contributed by atoms with Crippen molar-refractivity contribution >= 4 is 29.4 Å². The van der Waals surface area contributed by atoms with Crippen molar-refractivity contribution < 1.29 is 29.0 Å². The van der Waals surface area contributed by atoms with Crippen LogP contribution in [0.25, 0.3) is 0 Å². The van der Waals surface area contributed by atoms with Gasteiger partial charge in [0.05, 0.1) is 0 Å². The predicted molar refractivity (Wildman–Crippen MR) is 104 cm³/mol. The fourth-order valence-corrected chi connectivity index (χ4v) is 3.00. The molecule has 2 N–H and O–H groups in total. The van der Waals surface area contributed by atoms with E-state index in [0.717, 1.165) is 18.7 Å². The first-order valence-corrected chi connectivity index (χ1v) is 9.12. The minimum Gasteiger partial charge on any atom is -0.473 e. The van der Waals surface area contributed by atoms with Gasteiger partial charge in [-0.3, -0.25) is 9.69 Å². The van der Waals surface area contributed by atoms with Crippen LogP contribution in [0.15, 0.2) is 48.5 Å². The normalized spacial score (nSPS) is 13.9. The second-order valence-electron chi connectivity index (χ2n) is 6.32. The SMILES string of the molecule is O=C(O)C(=O)O.O=C(c1cccc(Cl)c1)N1CCN(Cc2cccc(F)c2)CC1. The zero-order valence-electron chi connectivity index (χ0n) is 15.4. The quantitative estimate of drug-likeness (QED) is 0.738. The van der Waals surface area contributed by atoms with Crippen molar-refractivity contribution in [2.45, 2.75) is 6.54 Å². The molecule has 2 aromatic rings. The molecule has 1 heterocycles. The number of halogens is 2. The van der Waals surface area contributed by atoms with Gasteiger partial charge in [-0.1, -0.05) is 29.8 Å². The van der Waals surface area contributed by atoms with E-state index in [1.165, 1.54) is 6.07 Å².